The van der Waals surface area contributed by atoms with Gasteiger partial charge in [0, 0.05) is 25.3 Å². The molecule has 0 radical (unpaired) electrons. The third-order valence-electron chi connectivity index (χ3n) is 3.62. The van der Waals surface area contributed by atoms with E-state index in [1.807, 2.05) is 18.2 Å². The minimum atomic E-state index is -0.167. The fourth-order valence-corrected chi connectivity index (χ4v) is 2.66. The summed E-state index contributed by atoms with van der Waals surface area (Å²) in [6.45, 7) is 2.68. The third kappa shape index (κ3) is 2.76. The van der Waals surface area contributed by atoms with Crippen molar-refractivity contribution in [2.45, 2.75) is 19.5 Å². The summed E-state index contributed by atoms with van der Waals surface area (Å²) in [5.41, 5.74) is 10.3. The molecule has 0 aromatic heterocycles. The Hall–Kier alpha value is -1.87. The molecule has 19 heavy (non-hydrogen) atoms. The lowest BCUT2D eigenvalue weighted by Gasteiger charge is -2.29. The summed E-state index contributed by atoms with van der Waals surface area (Å²) in [6, 6.07) is 12.9. The van der Waals surface area contributed by atoms with Crippen LogP contribution in [0, 0.1) is 5.82 Å². The van der Waals surface area contributed by atoms with E-state index in [1.165, 1.54) is 17.2 Å². The van der Waals surface area contributed by atoms with Crippen molar-refractivity contribution in [3.63, 3.8) is 0 Å². The van der Waals surface area contributed by atoms with Gasteiger partial charge in [-0.3, -0.25) is 4.90 Å². The maximum absolute atomic E-state index is 13.2. The molecule has 1 aliphatic heterocycles. The van der Waals surface area contributed by atoms with Crippen molar-refractivity contribution < 1.29 is 4.39 Å². The van der Waals surface area contributed by atoms with Crippen LogP contribution >= 0.6 is 0 Å². The second kappa shape index (κ2) is 5.02. The van der Waals surface area contributed by atoms with Crippen LogP contribution < -0.4 is 5.73 Å². The van der Waals surface area contributed by atoms with E-state index in [0.29, 0.717) is 0 Å². The molecule has 0 amide bonds. The molecule has 0 fully saturated rings. The van der Waals surface area contributed by atoms with Crippen molar-refractivity contribution in [2.24, 2.45) is 0 Å². The van der Waals surface area contributed by atoms with E-state index in [1.54, 1.807) is 12.1 Å². The molecular weight excluding hydrogens is 239 g/mol. The quantitative estimate of drug-likeness (QED) is 0.837. The van der Waals surface area contributed by atoms with Crippen LogP contribution in [0.2, 0.25) is 0 Å². The minimum absolute atomic E-state index is 0.167. The predicted octanol–water partition coefficient (Wildman–Crippen LogP) is 2.97. The summed E-state index contributed by atoms with van der Waals surface area (Å²) in [5, 5.41) is 0. The minimum Gasteiger partial charge on any atom is -0.399 e. The molecule has 2 N–H and O–H groups in total. The van der Waals surface area contributed by atoms with Gasteiger partial charge in [-0.25, -0.2) is 4.39 Å². The molecule has 2 aromatic rings. The van der Waals surface area contributed by atoms with E-state index in [2.05, 4.69) is 11.0 Å². The molecule has 0 spiro atoms. The zero-order chi connectivity index (χ0) is 13.2. The second-order valence-electron chi connectivity index (χ2n) is 5.12. The van der Waals surface area contributed by atoms with Crippen LogP contribution in [0.5, 0.6) is 0 Å². The standard InChI is InChI=1S/C16H17FN2/c17-15-3-1-2-12(8-15)10-19-7-6-13-4-5-16(18)9-14(13)11-19/h1-5,8-9H,6-7,10-11,18H2. The summed E-state index contributed by atoms with van der Waals surface area (Å²) < 4.78 is 13.2. The van der Waals surface area contributed by atoms with Gasteiger partial charge in [0.05, 0.1) is 0 Å². The first-order valence-corrected chi connectivity index (χ1v) is 6.55. The second-order valence-corrected chi connectivity index (χ2v) is 5.12. The van der Waals surface area contributed by atoms with E-state index >= 15 is 0 Å². The molecule has 3 heteroatoms. The topological polar surface area (TPSA) is 29.3 Å². The summed E-state index contributed by atoms with van der Waals surface area (Å²) in [5.74, 6) is -0.167. The summed E-state index contributed by atoms with van der Waals surface area (Å²) in [4.78, 5) is 2.33. The van der Waals surface area contributed by atoms with Crippen LogP contribution in [0.3, 0.4) is 0 Å². The van der Waals surface area contributed by atoms with Crippen molar-refractivity contribution in [1.82, 2.24) is 4.90 Å². The fourth-order valence-electron chi connectivity index (χ4n) is 2.66. The van der Waals surface area contributed by atoms with Gasteiger partial charge in [0.15, 0.2) is 0 Å². The number of hydrogen-bond acceptors (Lipinski definition) is 2. The van der Waals surface area contributed by atoms with Gasteiger partial charge < -0.3 is 5.73 Å². The third-order valence-corrected chi connectivity index (χ3v) is 3.62. The number of nitrogens with zero attached hydrogens (tertiary/aromatic N) is 1. The predicted molar refractivity (Wildman–Crippen MR) is 75.1 cm³/mol. The number of halogens is 1. The van der Waals surface area contributed by atoms with Gasteiger partial charge in [0.25, 0.3) is 0 Å². The molecule has 0 unspecified atom stereocenters. The first-order chi connectivity index (χ1) is 9.20. The molecule has 3 rings (SSSR count). The highest BCUT2D eigenvalue weighted by molar-refractivity contribution is 5.45. The zero-order valence-corrected chi connectivity index (χ0v) is 10.8. The molecule has 0 bridgehead atoms. The highest BCUT2D eigenvalue weighted by Crippen LogP contribution is 2.22. The van der Waals surface area contributed by atoms with Crippen LogP contribution in [0.1, 0.15) is 16.7 Å². The lowest BCUT2D eigenvalue weighted by molar-refractivity contribution is 0.245. The lowest BCUT2D eigenvalue weighted by atomic mass is 9.99. The maximum Gasteiger partial charge on any atom is 0.123 e. The zero-order valence-electron chi connectivity index (χ0n) is 10.8. The van der Waals surface area contributed by atoms with Gasteiger partial charge in [-0.2, -0.15) is 0 Å². The first-order valence-electron chi connectivity index (χ1n) is 6.55. The fraction of sp³-hybridized carbons (Fsp3) is 0.250. The molecule has 0 atom stereocenters. The van der Waals surface area contributed by atoms with E-state index in [9.17, 15) is 4.39 Å². The number of anilines is 1. The van der Waals surface area contributed by atoms with E-state index in [0.717, 1.165) is 37.3 Å². The van der Waals surface area contributed by atoms with Crippen molar-refractivity contribution in [1.29, 1.82) is 0 Å². The highest BCUT2D eigenvalue weighted by atomic mass is 19.1. The molecule has 1 aliphatic rings. The van der Waals surface area contributed by atoms with Gasteiger partial charge in [-0.1, -0.05) is 18.2 Å². The van der Waals surface area contributed by atoms with Crippen molar-refractivity contribution >= 4 is 5.69 Å². The van der Waals surface area contributed by atoms with Gasteiger partial charge in [0.2, 0.25) is 0 Å². The number of nitrogens with two attached hydrogens (primary N) is 1. The molecular formula is C16H17FN2. The van der Waals surface area contributed by atoms with E-state index in [4.69, 9.17) is 5.73 Å². The molecule has 0 saturated heterocycles. The number of rotatable bonds is 2. The smallest absolute Gasteiger partial charge is 0.123 e. The summed E-state index contributed by atoms with van der Waals surface area (Å²) in [7, 11) is 0. The summed E-state index contributed by atoms with van der Waals surface area (Å²) in [6.07, 6.45) is 1.03. The Bertz CT molecular complexity index is 595. The average molecular weight is 256 g/mol. The van der Waals surface area contributed by atoms with Crippen molar-refractivity contribution in [2.75, 3.05) is 12.3 Å². The average Bonchev–Trinajstić information content (AvgIpc) is 2.38. The number of fused-ring (bicyclic) bond motifs is 1. The van der Waals surface area contributed by atoms with Gasteiger partial charge in [0.1, 0.15) is 5.82 Å². The normalized spacial score (nSPS) is 15.2. The van der Waals surface area contributed by atoms with Crippen LogP contribution in [0.25, 0.3) is 0 Å². The van der Waals surface area contributed by atoms with Gasteiger partial charge in [-0.05, 0) is 47.4 Å². The molecule has 2 aromatic carbocycles. The SMILES string of the molecule is Nc1ccc2c(c1)CN(Cc1cccc(F)c1)CC2. The molecule has 1 heterocycles. The van der Waals surface area contributed by atoms with Gasteiger partial charge >= 0.3 is 0 Å². The Morgan fingerprint density at radius 2 is 2.00 bits per heavy atom. The molecule has 0 aliphatic carbocycles. The van der Waals surface area contributed by atoms with Crippen molar-refractivity contribution in [3.05, 3.63) is 65.0 Å². The Kier molecular flexibility index (Phi) is 3.22. The van der Waals surface area contributed by atoms with Crippen LogP contribution in [0.4, 0.5) is 10.1 Å². The van der Waals surface area contributed by atoms with Gasteiger partial charge in [-0.15, -0.1) is 0 Å². The maximum atomic E-state index is 13.2. The van der Waals surface area contributed by atoms with E-state index in [-0.39, 0.29) is 5.82 Å². The number of nitrogen functional groups attached to an aromatic ring is 1. The Balaban J connectivity index is 1.75. The number of benzene rings is 2. The molecule has 0 saturated carbocycles. The lowest BCUT2D eigenvalue weighted by Crippen LogP contribution is -2.30. The van der Waals surface area contributed by atoms with Crippen LogP contribution in [0.15, 0.2) is 42.5 Å². The van der Waals surface area contributed by atoms with E-state index < -0.39 is 0 Å². The monoisotopic (exact) mass is 256 g/mol. The molecule has 98 valence electrons. The largest absolute Gasteiger partial charge is 0.399 e. The molecule has 2 nitrogen and oxygen atoms in total. The highest BCUT2D eigenvalue weighted by Gasteiger charge is 2.16. The number of hydrogen-bond donors (Lipinski definition) is 1. The first kappa shape index (κ1) is 12.2. The Labute approximate surface area is 112 Å². The van der Waals surface area contributed by atoms with Crippen LogP contribution in [-0.2, 0) is 19.5 Å². The Morgan fingerprint density at radius 1 is 1.11 bits per heavy atom. The Morgan fingerprint density at radius 3 is 2.84 bits per heavy atom. The van der Waals surface area contributed by atoms with Crippen molar-refractivity contribution in [3.8, 4) is 0 Å². The summed E-state index contributed by atoms with van der Waals surface area (Å²) >= 11 is 0. The van der Waals surface area contributed by atoms with Crippen LogP contribution in [-0.4, -0.2) is 11.4 Å².